The van der Waals surface area contributed by atoms with Crippen LogP contribution in [0.25, 0.3) is 17.0 Å². The zero-order chi connectivity index (χ0) is 15.1. The monoisotopic (exact) mass is 293 g/mol. The van der Waals surface area contributed by atoms with Gasteiger partial charge in [0.25, 0.3) is 0 Å². The Morgan fingerprint density at radius 2 is 1.82 bits per heavy atom. The van der Waals surface area contributed by atoms with Gasteiger partial charge in [0.1, 0.15) is 5.82 Å². The lowest BCUT2D eigenvalue weighted by atomic mass is 10.1. The van der Waals surface area contributed by atoms with Crippen molar-refractivity contribution in [2.75, 3.05) is 11.4 Å². The van der Waals surface area contributed by atoms with Crippen LogP contribution in [0.15, 0.2) is 42.5 Å². The molecule has 5 heteroatoms. The van der Waals surface area contributed by atoms with Gasteiger partial charge in [-0.3, -0.25) is 0 Å². The summed E-state index contributed by atoms with van der Waals surface area (Å²) in [5, 5.41) is 13.3. The molecular formula is C17H19N5. The number of benzene rings is 1. The first-order chi connectivity index (χ1) is 10.7. The molecule has 0 aliphatic carbocycles. The highest BCUT2D eigenvalue weighted by Gasteiger charge is 2.28. The topological polar surface area (TPSA) is 46.3 Å². The van der Waals surface area contributed by atoms with E-state index in [1.807, 2.05) is 47.0 Å². The summed E-state index contributed by atoms with van der Waals surface area (Å²) in [7, 11) is 0. The number of hydrogen-bond donors (Lipinski definition) is 0. The van der Waals surface area contributed by atoms with Crippen LogP contribution in [-0.4, -0.2) is 32.4 Å². The Morgan fingerprint density at radius 3 is 2.55 bits per heavy atom. The molecule has 1 aliphatic rings. The van der Waals surface area contributed by atoms with Crippen molar-refractivity contribution >= 4 is 11.5 Å². The molecule has 3 heterocycles. The zero-order valence-corrected chi connectivity index (χ0v) is 12.8. The molecule has 2 unspecified atom stereocenters. The average molecular weight is 293 g/mol. The summed E-state index contributed by atoms with van der Waals surface area (Å²) in [6, 6.07) is 14.6. The smallest absolute Gasteiger partial charge is 0.185 e. The fourth-order valence-corrected chi connectivity index (χ4v) is 3.12. The Kier molecular flexibility index (Phi) is 3.06. The fraction of sp³-hybridized carbons (Fsp3) is 0.353. The van der Waals surface area contributed by atoms with Gasteiger partial charge in [0.2, 0.25) is 0 Å². The minimum absolute atomic E-state index is 0.515. The van der Waals surface area contributed by atoms with Gasteiger partial charge in [0.15, 0.2) is 11.5 Å². The van der Waals surface area contributed by atoms with E-state index >= 15 is 0 Å². The van der Waals surface area contributed by atoms with E-state index in [9.17, 15) is 0 Å². The molecule has 5 nitrogen and oxygen atoms in total. The highest BCUT2D eigenvalue weighted by Crippen LogP contribution is 2.28. The van der Waals surface area contributed by atoms with Gasteiger partial charge in [-0.25, -0.2) is 0 Å². The first kappa shape index (κ1) is 13.2. The van der Waals surface area contributed by atoms with Crippen molar-refractivity contribution in [3.8, 4) is 11.4 Å². The molecule has 1 saturated heterocycles. The molecule has 4 rings (SSSR count). The fourth-order valence-electron chi connectivity index (χ4n) is 3.12. The molecule has 0 saturated carbocycles. The van der Waals surface area contributed by atoms with Crippen LogP contribution in [0.4, 0.5) is 5.82 Å². The van der Waals surface area contributed by atoms with Gasteiger partial charge in [-0.15, -0.1) is 15.3 Å². The Bertz CT molecular complexity index is 795. The maximum absolute atomic E-state index is 4.80. The molecule has 112 valence electrons. The SMILES string of the molecule is CC1CCN(c2ccc3nnc(-c4ccccc4)n3n2)C1C. The molecule has 0 N–H and O–H groups in total. The Labute approximate surface area is 129 Å². The maximum Gasteiger partial charge on any atom is 0.185 e. The summed E-state index contributed by atoms with van der Waals surface area (Å²) >= 11 is 0. The van der Waals surface area contributed by atoms with Gasteiger partial charge in [-0.05, 0) is 31.4 Å². The first-order valence-electron chi connectivity index (χ1n) is 7.78. The molecule has 0 bridgehead atoms. The Balaban J connectivity index is 1.80. The predicted molar refractivity (Wildman–Crippen MR) is 86.8 cm³/mol. The highest BCUT2D eigenvalue weighted by molar-refractivity contribution is 5.59. The number of nitrogens with zero attached hydrogens (tertiary/aromatic N) is 5. The van der Waals surface area contributed by atoms with Gasteiger partial charge in [0, 0.05) is 18.2 Å². The van der Waals surface area contributed by atoms with Gasteiger partial charge in [-0.1, -0.05) is 37.3 Å². The Morgan fingerprint density at radius 1 is 1.00 bits per heavy atom. The lowest BCUT2D eigenvalue weighted by Crippen LogP contribution is -2.30. The quantitative estimate of drug-likeness (QED) is 0.728. The second-order valence-corrected chi connectivity index (χ2v) is 6.05. The van der Waals surface area contributed by atoms with Crippen molar-refractivity contribution < 1.29 is 0 Å². The highest BCUT2D eigenvalue weighted by atomic mass is 15.4. The molecule has 2 atom stereocenters. The van der Waals surface area contributed by atoms with Crippen molar-refractivity contribution in [1.82, 2.24) is 19.8 Å². The van der Waals surface area contributed by atoms with Crippen LogP contribution in [0.5, 0.6) is 0 Å². The van der Waals surface area contributed by atoms with E-state index in [2.05, 4.69) is 28.9 Å². The summed E-state index contributed by atoms with van der Waals surface area (Å²) in [6.45, 7) is 5.63. The second kappa shape index (κ2) is 5.09. The summed E-state index contributed by atoms with van der Waals surface area (Å²) in [5.74, 6) is 2.49. The number of anilines is 1. The van der Waals surface area contributed by atoms with Gasteiger partial charge in [-0.2, -0.15) is 4.52 Å². The van der Waals surface area contributed by atoms with E-state index in [1.165, 1.54) is 6.42 Å². The molecule has 0 radical (unpaired) electrons. The van der Waals surface area contributed by atoms with Crippen molar-refractivity contribution in [3.63, 3.8) is 0 Å². The predicted octanol–water partition coefficient (Wildman–Crippen LogP) is 3.03. The molecular weight excluding hydrogens is 274 g/mol. The third-order valence-corrected chi connectivity index (χ3v) is 4.72. The lowest BCUT2D eigenvalue weighted by molar-refractivity contribution is 0.543. The van der Waals surface area contributed by atoms with E-state index in [-0.39, 0.29) is 0 Å². The van der Waals surface area contributed by atoms with Crippen LogP contribution in [0.3, 0.4) is 0 Å². The van der Waals surface area contributed by atoms with E-state index < -0.39 is 0 Å². The van der Waals surface area contributed by atoms with Crippen LogP contribution in [0.2, 0.25) is 0 Å². The van der Waals surface area contributed by atoms with Crippen LogP contribution in [-0.2, 0) is 0 Å². The van der Waals surface area contributed by atoms with Gasteiger partial charge >= 0.3 is 0 Å². The number of rotatable bonds is 2. The van der Waals surface area contributed by atoms with Crippen molar-refractivity contribution in [3.05, 3.63) is 42.5 Å². The zero-order valence-electron chi connectivity index (χ0n) is 12.8. The van der Waals surface area contributed by atoms with E-state index in [1.54, 1.807) is 0 Å². The van der Waals surface area contributed by atoms with Crippen LogP contribution >= 0.6 is 0 Å². The number of hydrogen-bond acceptors (Lipinski definition) is 4. The summed E-state index contributed by atoms with van der Waals surface area (Å²) in [4.78, 5) is 2.37. The summed E-state index contributed by atoms with van der Waals surface area (Å²) < 4.78 is 1.85. The second-order valence-electron chi connectivity index (χ2n) is 6.05. The largest absolute Gasteiger partial charge is 0.352 e. The molecule has 2 aromatic heterocycles. The van der Waals surface area contributed by atoms with Crippen LogP contribution in [0.1, 0.15) is 20.3 Å². The summed E-state index contributed by atoms with van der Waals surface area (Å²) in [5.41, 5.74) is 1.81. The number of fused-ring (bicyclic) bond motifs is 1. The standard InChI is InChI=1S/C17H19N5/c1-12-10-11-21(13(12)2)16-9-8-15-18-19-17(22(15)20-16)14-6-4-3-5-7-14/h3-9,12-13H,10-11H2,1-2H3. The maximum atomic E-state index is 4.80. The molecule has 1 aliphatic heterocycles. The molecule has 22 heavy (non-hydrogen) atoms. The molecule has 0 spiro atoms. The van der Waals surface area contributed by atoms with Crippen molar-refractivity contribution in [2.24, 2.45) is 5.92 Å². The molecule has 0 amide bonds. The van der Waals surface area contributed by atoms with E-state index in [0.29, 0.717) is 12.0 Å². The van der Waals surface area contributed by atoms with Crippen LogP contribution < -0.4 is 4.90 Å². The van der Waals surface area contributed by atoms with Gasteiger partial charge in [0.05, 0.1) is 0 Å². The molecule has 1 aromatic carbocycles. The number of aromatic nitrogens is 4. The first-order valence-corrected chi connectivity index (χ1v) is 7.78. The minimum atomic E-state index is 0.515. The van der Waals surface area contributed by atoms with Gasteiger partial charge < -0.3 is 4.90 Å². The van der Waals surface area contributed by atoms with Crippen LogP contribution in [0, 0.1) is 5.92 Å². The molecule has 1 fully saturated rings. The lowest BCUT2D eigenvalue weighted by Gasteiger charge is -2.24. The Hall–Kier alpha value is -2.43. The molecule has 3 aromatic rings. The minimum Gasteiger partial charge on any atom is -0.352 e. The van der Waals surface area contributed by atoms with Crippen molar-refractivity contribution in [2.45, 2.75) is 26.3 Å². The normalized spacial score (nSPS) is 21.6. The van der Waals surface area contributed by atoms with Crippen molar-refractivity contribution in [1.29, 1.82) is 0 Å². The summed E-state index contributed by atoms with van der Waals surface area (Å²) in [6.07, 6.45) is 1.22. The third-order valence-electron chi connectivity index (χ3n) is 4.72. The van der Waals surface area contributed by atoms with E-state index in [4.69, 9.17) is 5.10 Å². The third kappa shape index (κ3) is 2.04. The average Bonchev–Trinajstić information content (AvgIpc) is 3.12. The van der Waals surface area contributed by atoms with E-state index in [0.717, 1.165) is 29.4 Å².